The molecule has 2 N–H and O–H groups in total. The van der Waals surface area contributed by atoms with Crippen LogP contribution in [0.2, 0.25) is 0 Å². The lowest BCUT2D eigenvalue weighted by Gasteiger charge is -2.54. The second kappa shape index (κ2) is 6.36. The number of hydrogen-bond donors (Lipinski definition) is 2. The lowest BCUT2D eigenvalue weighted by molar-refractivity contribution is -0.127. The van der Waals surface area contributed by atoms with Gasteiger partial charge in [0, 0.05) is 31.7 Å². The lowest BCUT2D eigenvalue weighted by atomic mass is 9.60. The molecule has 0 aromatic carbocycles. The maximum absolute atomic E-state index is 12.4. The molecule has 3 aliphatic carbocycles. The molecule has 3 rings (SSSR count). The number of rotatable bonds is 6. The van der Waals surface area contributed by atoms with Gasteiger partial charge in [0.05, 0.1) is 12.2 Å². The summed E-state index contributed by atoms with van der Waals surface area (Å²) in [6.07, 6.45) is 7.88. The topological polar surface area (TPSA) is 61.8 Å². The fourth-order valence-corrected chi connectivity index (χ4v) is 4.34. The van der Waals surface area contributed by atoms with Crippen LogP contribution >= 0.6 is 0 Å². The number of nitrogens with one attached hydrogen (secondary N) is 1. The summed E-state index contributed by atoms with van der Waals surface area (Å²) < 4.78 is 5.89. The van der Waals surface area contributed by atoms with Gasteiger partial charge in [-0.05, 0) is 44.9 Å². The van der Waals surface area contributed by atoms with E-state index < -0.39 is 0 Å². The zero-order valence-corrected chi connectivity index (χ0v) is 13.9. The van der Waals surface area contributed by atoms with Crippen molar-refractivity contribution >= 4 is 6.03 Å². The quantitative estimate of drug-likeness (QED) is 0.790. The van der Waals surface area contributed by atoms with Crippen LogP contribution < -0.4 is 5.32 Å². The van der Waals surface area contributed by atoms with Crippen LogP contribution in [0, 0.1) is 11.3 Å². The Hall–Kier alpha value is -0.810. The predicted molar refractivity (Wildman–Crippen MR) is 84.6 cm³/mol. The normalized spacial score (nSPS) is 30.9. The van der Waals surface area contributed by atoms with Gasteiger partial charge in [-0.25, -0.2) is 4.79 Å². The second-order valence-corrected chi connectivity index (χ2v) is 7.41. The van der Waals surface area contributed by atoms with Crippen LogP contribution in [0.25, 0.3) is 0 Å². The van der Waals surface area contributed by atoms with Gasteiger partial charge in [0.15, 0.2) is 0 Å². The lowest BCUT2D eigenvalue weighted by Crippen LogP contribution is -2.65. The van der Waals surface area contributed by atoms with Gasteiger partial charge >= 0.3 is 6.03 Å². The molecule has 5 heteroatoms. The minimum Gasteiger partial charge on any atom is -0.391 e. The molecule has 1 spiro atoms. The minimum absolute atomic E-state index is 0.0501. The van der Waals surface area contributed by atoms with Crippen molar-refractivity contribution in [2.24, 2.45) is 11.3 Å². The Morgan fingerprint density at radius 1 is 1.41 bits per heavy atom. The number of urea groups is 1. The first-order chi connectivity index (χ1) is 10.6. The van der Waals surface area contributed by atoms with E-state index in [9.17, 15) is 9.90 Å². The molecule has 0 aromatic rings. The summed E-state index contributed by atoms with van der Waals surface area (Å²) in [6.45, 7) is 3.23. The van der Waals surface area contributed by atoms with Crippen molar-refractivity contribution < 1.29 is 14.6 Å². The molecule has 126 valence electrons. The average molecular weight is 310 g/mol. The molecular formula is C17H30N2O3. The Morgan fingerprint density at radius 2 is 2.09 bits per heavy atom. The number of nitrogens with zero attached hydrogens (tertiary/aromatic N) is 1. The summed E-state index contributed by atoms with van der Waals surface area (Å²) >= 11 is 0. The van der Waals surface area contributed by atoms with Gasteiger partial charge < -0.3 is 20.1 Å². The zero-order chi connectivity index (χ0) is 15.7. The number of likely N-dealkylation sites (N-methyl/N-ethyl adjacent to an activating group) is 1. The molecule has 0 radical (unpaired) electrons. The van der Waals surface area contributed by atoms with Crippen molar-refractivity contribution in [3.05, 3.63) is 0 Å². The van der Waals surface area contributed by atoms with E-state index in [-0.39, 0.29) is 23.6 Å². The second-order valence-electron chi connectivity index (χ2n) is 7.41. The van der Waals surface area contributed by atoms with E-state index >= 15 is 0 Å². The summed E-state index contributed by atoms with van der Waals surface area (Å²) in [5.41, 5.74) is 0.168. The predicted octanol–water partition coefficient (Wildman–Crippen LogP) is 2.14. The largest absolute Gasteiger partial charge is 0.391 e. The molecule has 2 amide bonds. The van der Waals surface area contributed by atoms with Crippen molar-refractivity contribution in [1.82, 2.24) is 10.2 Å². The highest BCUT2D eigenvalue weighted by Crippen LogP contribution is 2.54. The standard InChI is InChI=1S/C17H30N2O3/c1-3-22-15-10-14(17(15)8-4-5-9-17)18-16(21)19(2)11-13(20)12-6-7-12/h12-15,20H,3-11H2,1-2H3,(H,18,21). The number of hydrogen-bond acceptors (Lipinski definition) is 3. The molecule has 0 heterocycles. The Balaban J connectivity index is 1.52. The first-order valence-electron chi connectivity index (χ1n) is 8.88. The molecule has 0 aliphatic heterocycles. The highest BCUT2D eigenvalue weighted by atomic mass is 16.5. The molecule has 5 nitrogen and oxygen atoms in total. The van der Waals surface area contributed by atoms with Gasteiger partial charge in [0.1, 0.15) is 0 Å². The summed E-state index contributed by atoms with van der Waals surface area (Å²) in [4.78, 5) is 14.0. The molecule has 22 heavy (non-hydrogen) atoms. The smallest absolute Gasteiger partial charge is 0.317 e. The Bertz CT molecular complexity index is 405. The molecule has 3 saturated carbocycles. The van der Waals surface area contributed by atoms with Crippen LogP contribution in [-0.2, 0) is 4.74 Å². The minimum atomic E-state index is -0.367. The fraction of sp³-hybridized carbons (Fsp3) is 0.941. The molecule has 3 aliphatic rings. The van der Waals surface area contributed by atoms with E-state index in [1.54, 1.807) is 11.9 Å². The van der Waals surface area contributed by atoms with E-state index in [0.29, 0.717) is 18.6 Å². The average Bonchev–Trinajstić information content (AvgIpc) is 3.21. The first-order valence-corrected chi connectivity index (χ1v) is 8.88. The third-order valence-corrected chi connectivity index (χ3v) is 5.96. The van der Waals surface area contributed by atoms with Gasteiger partial charge in [-0.3, -0.25) is 0 Å². The molecular weight excluding hydrogens is 280 g/mol. The van der Waals surface area contributed by atoms with E-state index in [1.807, 2.05) is 6.92 Å². The van der Waals surface area contributed by atoms with E-state index in [0.717, 1.165) is 38.7 Å². The number of amides is 2. The van der Waals surface area contributed by atoms with Crippen LogP contribution in [0.15, 0.2) is 0 Å². The fourth-order valence-electron chi connectivity index (χ4n) is 4.34. The van der Waals surface area contributed by atoms with Crippen LogP contribution in [-0.4, -0.2) is 54.5 Å². The third-order valence-electron chi connectivity index (χ3n) is 5.96. The van der Waals surface area contributed by atoms with Crippen LogP contribution in [0.1, 0.15) is 51.9 Å². The summed E-state index contributed by atoms with van der Waals surface area (Å²) in [6, 6.07) is 0.186. The Kier molecular flexibility index (Phi) is 4.64. The maximum atomic E-state index is 12.4. The monoisotopic (exact) mass is 310 g/mol. The van der Waals surface area contributed by atoms with E-state index in [4.69, 9.17) is 4.74 Å². The molecule has 3 atom stereocenters. The van der Waals surface area contributed by atoms with Gasteiger partial charge in [-0.15, -0.1) is 0 Å². The molecule has 0 aromatic heterocycles. The molecule has 3 unspecified atom stereocenters. The summed E-state index contributed by atoms with van der Waals surface area (Å²) in [5, 5.41) is 13.2. The van der Waals surface area contributed by atoms with Crippen LogP contribution in [0.3, 0.4) is 0 Å². The van der Waals surface area contributed by atoms with Crippen LogP contribution in [0.5, 0.6) is 0 Å². The van der Waals surface area contributed by atoms with E-state index in [2.05, 4.69) is 5.32 Å². The maximum Gasteiger partial charge on any atom is 0.317 e. The number of aliphatic hydroxyl groups excluding tert-OH is 1. The van der Waals surface area contributed by atoms with Gasteiger partial charge in [-0.2, -0.15) is 0 Å². The van der Waals surface area contributed by atoms with Gasteiger partial charge in [-0.1, -0.05) is 12.8 Å². The number of ether oxygens (including phenoxy) is 1. The number of aliphatic hydroxyl groups is 1. The van der Waals surface area contributed by atoms with Gasteiger partial charge in [0.25, 0.3) is 0 Å². The number of carbonyl (C=O) groups is 1. The molecule has 0 saturated heterocycles. The number of carbonyl (C=O) groups excluding carboxylic acids is 1. The SMILES string of the molecule is CCOC1CC(NC(=O)N(C)CC(O)C2CC2)C12CCCC2. The van der Waals surface area contributed by atoms with E-state index in [1.165, 1.54) is 12.8 Å². The van der Waals surface area contributed by atoms with Crippen LogP contribution in [0.4, 0.5) is 4.79 Å². The first kappa shape index (κ1) is 16.1. The molecule has 0 bridgehead atoms. The highest BCUT2D eigenvalue weighted by Gasteiger charge is 2.57. The van der Waals surface area contributed by atoms with Crippen molar-refractivity contribution in [2.45, 2.75) is 70.1 Å². The van der Waals surface area contributed by atoms with Crippen molar-refractivity contribution in [2.75, 3.05) is 20.2 Å². The Labute approximate surface area is 133 Å². The molecule has 3 fully saturated rings. The summed E-state index contributed by atoms with van der Waals surface area (Å²) in [5.74, 6) is 0.405. The highest BCUT2D eigenvalue weighted by molar-refractivity contribution is 5.74. The Morgan fingerprint density at radius 3 is 2.68 bits per heavy atom. The van der Waals surface area contributed by atoms with Crippen molar-refractivity contribution in [1.29, 1.82) is 0 Å². The van der Waals surface area contributed by atoms with Crippen molar-refractivity contribution in [3.8, 4) is 0 Å². The summed E-state index contributed by atoms with van der Waals surface area (Å²) in [7, 11) is 1.78. The zero-order valence-electron chi connectivity index (χ0n) is 13.9. The van der Waals surface area contributed by atoms with Crippen molar-refractivity contribution in [3.63, 3.8) is 0 Å². The third kappa shape index (κ3) is 2.98. The van der Waals surface area contributed by atoms with Gasteiger partial charge in [0.2, 0.25) is 0 Å².